The van der Waals surface area contributed by atoms with Gasteiger partial charge in [0, 0.05) is 19.3 Å². The fourth-order valence-electron chi connectivity index (χ4n) is 6.19. The molecule has 0 saturated heterocycles. The second-order valence-corrected chi connectivity index (χ2v) is 15.6. The minimum atomic E-state index is -1.13. The molecule has 0 amide bonds. The summed E-state index contributed by atoms with van der Waals surface area (Å²) in [4.78, 5) is 36.7. The van der Waals surface area contributed by atoms with Gasteiger partial charge in [-0.1, -0.05) is 134 Å². The molecule has 0 N–H and O–H groups in total. The van der Waals surface area contributed by atoms with Crippen LogP contribution in [0.4, 0.5) is 0 Å². The molecule has 0 aromatic rings. The van der Waals surface area contributed by atoms with Crippen LogP contribution in [0.25, 0.3) is 0 Å². The maximum absolute atomic E-state index is 12.6. The Hall–Kier alpha value is -2.19. The van der Waals surface area contributed by atoms with Crippen molar-refractivity contribution >= 4 is 17.9 Å². The SMILES string of the molecule is CCCCCC/C=C/CCCC(=O)OC(COCCC(C(=O)[O-])[N+](C)(C)C)COC(=O)CCCCCCCCC/C=C/CCCCCCCCCC. The van der Waals surface area contributed by atoms with E-state index in [-0.39, 0.29) is 49.1 Å². The Morgan fingerprint density at radius 2 is 0.981 bits per heavy atom. The van der Waals surface area contributed by atoms with Gasteiger partial charge in [-0.25, -0.2) is 0 Å². The van der Waals surface area contributed by atoms with Crippen LogP contribution in [0.5, 0.6) is 0 Å². The Morgan fingerprint density at radius 1 is 0.558 bits per heavy atom. The maximum atomic E-state index is 12.6. The van der Waals surface area contributed by atoms with Gasteiger partial charge in [-0.3, -0.25) is 9.59 Å². The summed E-state index contributed by atoms with van der Waals surface area (Å²) in [6.45, 7) is 4.59. The van der Waals surface area contributed by atoms with Gasteiger partial charge in [0.05, 0.1) is 40.3 Å². The summed E-state index contributed by atoms with van der Waals surface area (Å²) in [6.07, 6.45) is 37.9. The van der Waals surface area contributed by atoms with E-state index in [2.05, 4.69) is 38.2 Å². The molecule has 0 aliphatic heterocycles. The van der Waals surface area contributed by atoms with E-state index in [0.29, 0.717) is 12.8 Å². The van der Waals surface area contributed by atoms with Gasteiger partial charge in [-0.2, -0.15) is 0 Å². The molecule has 0 aromatic carbocycles. The van der Waals surface area contributed by atoms with E-state index in [1.807, 2.05) is 0 Å². The first-order valence-corrected chi connectivity index (χ1v) is 21.4. The van der Waals surface area contributed by atoms with Crippen LogP contribution in [-0.2, 0) is 28.6 Å². The number of carboxylic acids is 1. The fraction of sp³-hybridized carbons (Fsp3) is 0.841. The van der Waals surface area contributed by atoms with E-state index < -0.39 is 18.1 Å². The number of likely N-dealkylation sites (N-methyl/N-ethyl adjacent to an activating group) is 1. The highest BCUT2D eigenvalue weighted by Crippen LogP contribution is 2.13. The van der Waals surface area contributed by atoms with Crippen LogP contribution >= 0.6 is 0 Å². The van der Waals surface area contributed by atoms with Crippen LogP contribution in [0.1, 0.15) is 187 Å². The lowest BCUT2D eigenvalue weighted by atomic mass is 10.1. The average Bonchev–Trinajstić information content (AvgIpc) is 3.09. The van der Waals surface area contributed by atoms with Crippen molar-refractivity contribution in [3.8, 4) is 0 Å². The minimum absolute atomic E-state index is 0.0304. The van der Waals surface area contributed by atoms with Gasteiger partial charge in [-0.05, 0) is 57.8 Å². The Morgan fingerprint density at radius 3 is 1.46 bits per heavy atom. The molecular weight excluding hydrogens is 654 g/mol. The molecule has 304 valence electrons. The summed E-state index contributed by atoms with van der Waals surface area (Å²) >= 11 is 0. The Kier molecular flexibility index (Phi) is 34.3. The monoisotopic (exact) mass is 736 g/mol. The van der Waals surface area contributed by atoms with Crippen LogP contribution in [0.15, 0.2) is 24.3 Å². The number of allylic oxidation sites excluding steroid dienone is 4. The average molecular weight is 736 g/mol. The number of aliphatic carboxylic acids is 1. The highest BCUT2D eigenvalue weighted by atomic mass is 16.6. The third-order valence-electron chi connectivity index (χ3n) is 9.56. The molecule has 2 unspecified atom stereocenters. The number of quaternary nitrogens is 1. The predicted octanol–water partition coefficient (Wildman–Crippen LogP) is 9.97. The van der Waals surface area contributed by atoms with E-state index in [1.165, 1.54) is 116 Å². The molecule has 2 atom stereocenters. The number of carboxylic acid groups (broad SMARTS) is 1. The van der Waals surface area contributed by atoms with E-state index in [1.54, 1.807) is 21.1 Å². The van der Waals surface area contributed by atoms with Crippen LogP contribution in [0, 0.1) is 0 Å². The van der Waals surface area contributed by atoms with E-state index >= 15 is 0 Å². The summed E-state index contributed by atoms with van der Waals surface area (Å²) in [6, 6.07) is -0.727. The molecule has 0 radical (unpaired) electrons. The lowest BCUT2D eigenvalue weighted by Gasteiger charge is -2.34. The molecule has 0 aliphatic carbocycles. The molecule has 0 aromatic heterocycles. The zero-order valence-electron chi connectivity index (χ0n) is 34.5. The number of rotatable bonds is 38. The smallest absolute Gasteiger partial charge is 0.306 e. The van der Waals surface area contributed by atoms with Gasteiger partial charge in [0.25, 0.3) is 0 Å². The fourth-order valence-corrected chi connectivity index (χ4v) is 6.19. The number of carbonyl (C=O) groups excluding carboxylic acids is 3. The van der Waals surface area contributed by atoms with Crippen molar-refractivity contribution in [3.05, 3.63) is 24.3 Å². The quantitative estimate of drug-likeness (QED) is 0.0269. The maximum Gasteiger partial charge on any atom is 0.306 e. The molecule has 0 spiro atoms. The zero-order valence-corrected chi connectivity index (χ0v) is 34.5. The molecule has 52 heavy (non-hydrogen) atoms. The second-order valence-electron chi connectivity index (χ2n) is 15.6. The van der Waals surface area contributed by atoms with Crippen LogP contribution in [-0.4, -0.2) is 75.5 Å². The third-order valence-corrected chi connectivity index (χ3v) is 9.56. The lowest BCUT2D eigenvalue weighted by molar-refractivity contribution is -0.889. The van der Waals surface area contributed by atoms with Gasteiger partial charge in [-0.15, -0.1) is 0 Å². The van der Waals surface area contributed by atoms with Crippen molar-refractivity contribution in [1.29, 1.82) is 0 Å². The molecule has 8 heteroatoms. The molecule has 0 saturated carbocycles. The number of hydrogen-bond acceptors (Lipinski definition) is 7. The first-order chi connectivity index (χ1) is 25.1. The molecule has 0 rings (SSSR count). The first kappa shape index (κ1) is 49.8. The van der Waals surface area contributed by atoms with Crippen LogP contribution < -0.4 is 5.11 Å². The normalized spacial score (nSPS) is 13.2. The standard InChI is InChI=1S/C44H81NO7/c1-6-8-10-12-14-16-17-18-19-20-21-22-23-24-25-27-28-30-32-34-42(46)51-39-40(38-50-37-36-41(44(48)49)45(3,4)5)52-43(47)35-33-31-29-26-15-13-11-9-7-2/h20-21,26,29,40-41H,6-19,22-25,27-28,30-39H2,1-5H3/b21-20+,29-26+. The van der Waals surface area contributed by atoms with Crippen molar-refractivity contribution in [3.63, 3.8) is 0 Å². The van der Waals surface area contributed by atoms with Crippen molar-refractivity contribution in [2.45, 2.75) is 199 Å². The minimum Gasteiger partial charge on any atom is -0.544 e. The summed E-state index contributed by atoms with van der Waals surface area (Å²) in [5.74, 6) is -1.78. The molecule has 0 heterocycles. The number of unbranched alkanes of at least 4 members (excludes halogenated alkanes) is 20. The van der Waals surface area contributed by atoms with Gasteiger partial charge in [0.2, 0.25) is 0 Å². The molecular formula is C44H81NO7. The second kappa shape index (κ2) is 35.8. The van der Waals surface area contributed by atoms with E-state index in [0.717, 1.165) is 32.1 Å². The highest BCUT2D eigenvalue weighted by Gasteiger charge is 2.25. The first-order valence-electron chi connectivity index (χ1n) is 21.4. The highest BCUT2D eigenvalue weighted by molar-refractivity contribution is 5.70. The van der Waals surface area contributed by atoms with Crippen molar-refractivity contribution < 1.29 is 38.2 Å². The third kappa shape index (κ3) is 33.6. The van der Waals surface area contributed by atoms with Gasteiger partial charge in [0.15, 0.2) is 6.10 Å². The number of ether oxygens (including phenoxy) is 3. The number of carbonyl (C=O) groups is 3. The van der Waals surface area contributed by atoms with E-state index in [4.69, 9.17) is 14.2 Å². The Balaban J connectivity index is 4.27. The largest absolute Gasteiger partial charge is 0.544 e. The topological polar surface area (TPSA) is 102 Å². The summed E-state index contributed by atoms with van der Waals surface area (Å²) in [7, 11) is 5.39. The lowest BCUT2D eigenvalue weighted by Crippen LogP contribution is -2.55. The number of esters is 2. The van der Waals surface area contributed by atoms with Crippen LogP contribution in [0.2, 0.25) is 0 Å². The number of hydrogen-bond donors (Lipinski definition) is 0. The zero-order chi connectivity index (χ0) is 38.5. The Bertz CT molecular complexity index is 911. The molecule has 0 fully saturated rings. The van der Waals surface area contributed by atoms with Crippen molar-refractivity contribution in [1.82, 2.24) is 0 Å². The van der Waals surface area contributed by atoms with Gasteiger partial charge < -0.3 is 28.6 Å². The summed E-state index contributed by atoms with van der Waals surface area (Å²) in [5, 5.41) is 11.6. The van der Waals surface area contributed by atoms with Crippen LogP contribution in [0.3, 0.4) is 0 Å². The molecule has 8 nitrogen and oxygen atoms in total. The Labute approximate surface area is 320 Å². The van der Waals surface area contributed by atoms with Crippen molar-refractivity contribution in [2.24, 2.45) is 0 Å². The number of nitrogens with zero attached hydrogens (tertiary/aromatic N) is 1. The molecule has 0 bridgehead atoms. The van der Waals surface area contributed by atoms with Crippen molar-refractivity contribution in [2.75, 3.05) is 41.0 Å². The summed E-state index contributed by atoms with van der Waals surface area (Å²) in [5.41, 5.74) is 0. The van der Waals surface area contributed by atoms with Gasteiger partial charge in [0.1, 0.15) is 12.6 Å². The molecule has 0 aliphatic rings. The predicted molar refractivity (Wildman–Crippen MR) is 213 cm³/mol. The van der Waals surface area contributed by atoms with Gasteiger partial charge >= 0.3 is 11.9 Å². The summed E-state index contributed by atoms with van der Waals surface area (Å²) < 4.78 is 17.1. The van der Waals surface area contributed by atoms with E-state index in [9.17, 15) is 19.5 Å².